The fraction of sp³-hybridized carbons (Fsp3) is 0.357. The van der Waals surface area contributed by atoms with Crippen LogP contribution in [0.1, 0.15) is 31.0 Å². The number of hydrogen-bond donors (Lipinski definition) is 1. The average Bonchev–Trinajstić information content (AvgIpc) is 2.87. The van der Waals surface area contributed by atoms with E-state index in [-0.39, 0.29) is 18.3 Å². The van der Waals surface area contributed by atoms with E-state index >= 15 is 0 Å². The largest absolute Gasteiger partial charge is 0.310 e. The van der Waals surface area contributed by atoms with Crippen LogP contribution in [-0.2, 0) is 6.54 Å². The molecule has 21 heavy (non-hydrogen) atoms. The topological polar surface area (TPSA) is 73.0 Å². The number of nitro benzene ring substituents is 1. The van der Waals surface area contributed by atoms with Gasteiger partial charge in [-0.15, -0.1) is 0 Å². The number of benzene rings is 1. The maximum atomic E-state index is 13.4. The molecule has 0 amide bonds. The molecule has 0 bridgehead atoms. The Morgan fingerprint density at radius 1 is 1.48 bits per heavy atom. The maximum Gasteiger partial charge on any atom is 0.272 e. The quantitative estimate of drug-likeness (QED) is 0.656. The van der Waals surface area contributed by atoms with Gasteiger partial charge in [-0.05, 0) is 25.1 Å². The van der Waals surface area contributed by atoms with E-state index < -0.39 is 10.7 Å². The lowest BCUT2D eigenvalue weighted by Crippen LogP contribution is -2.17. The van der Waals surface area contributed by atoms with Gasteiger partial charge in [-0.25, -0.2) is 4.39 Å². The van der Waals surface area contributed by atoms with Gasteiger partial charge in [0.15, 0.2) is 0 Å². The number of non-ortho nitro benzene ring substituents is 1. The summed E-state index contributed by atoms with van der Waals surface area (Å²) in [5.41, 5.74) is 1.27. The Morgan fingerprint density at radius 2 is 2.24 bits per heavy atom. The SMILES string of the molecule is CCNC(C)c1cnn(Cc2cc(F)cc([N+](=O)[O-])c2)c1. The Hall–Kier alpha value is -2.28. The van der Waals surface area contributed by atoms with Gasteiger partial charge in [0.1, 0.15) is 5.82 Å². The molecule has 6 nitrogen and oxygen atoms in total. The summed E-state index contributed by atoms with van der Waals surface area (Å²) in [6.45, 7) is 5.19. The first-order chi connectivity index (χ1) is 9.99. The minimum absolute atomic E-state index is 0.172. The van der Waals surface area contributed by atoms with E-state index in [1.807, 2.05) is 20.0 Å². The second-order valence-corrected chi connectivity index (χ2v) is 4.83. The van der Waals surface area contributed by atoms with Crippen LogP contribution in [-0.4, -0.2) is 21.2 Å². The first kappa shape index (κ1) is 15.1. The molecule has 1 N–H and O–H groups in total. The van der Waals surface area contributed by atoms with Gasteiger partial charge in [0.2, 0.25) is 0 Å². The summed E-state index contributed by atoms with van der Waals surface area (Å²) in [6.07, 6.45) is 3.59. The molecule has 0 aliphatic rings. The first-order valence-electron chi connectivity index (χ1n) is 6.69. The number of halogens is 1. The van der Waals surface area contributed by atoms with Crippen molar-refractivity contribution in [3.8, 4) is 0 Å². The third kappa shape index (κ3) is 3.85. The number of nitrogens with one attached hydrogen (secondary N) is 1. The second kappa shape index (κ2) is 6.45. The highest BCUT2D eigenvalue weighted by Crippen LogP contribution is 2.18. The minimum atomic E-state index is -0.618. The Kier molecular flexibility index (Phi) is 4.64. The fourth-order valence-corrected chi connectivity index (χ4v) is 2.13. The van der Waals surface area contributed by atoms with Crippen LogP contribution in [0.2, 0.25) is 0 Å². The van der Waals surface area contributed by atoms with Crippen molar-refractivity contribution in [2.75, 3.05) is 6.54 Å². The zero-order valence-corrected chi connectivity index (χ0v) is 11.9. The molecule has 7 heteroatoms. The van der Waals surface area contributed by atoms with Crippen molar-refractivity contribution in [1.29, 1.82) is 0 Å². The maximum absolute atomic E-state index is 13.4. The molecule has 0 saturated heterocycles. The number of aromatic nitrogens is 2. The zero-order chi connectivity index (χ0) is 15.4. The van der Waals surface area contributed by atoms with Gasteiger partial charge in [0.05, 0.1) is 23.7 Å². The summed E-state index contributed by atoms with van der Waals surface area (Å²) in [4.78, 5) is 10.1. The van der Waals surface area contributed by atoms with Crippen LogP contribution < -0.4 is 5.32 Å². The van der Waals surface area contributed by atoms with Crippen molar-refractivity contribution in [3.63, 3.8) is 0 Å². The Labute approximate surface area is 121 Å². The van der Waals surface area contributed by atoms with E-state index in [0.717, 1.165) is 18.2 Å². The van der Waals surface area contributed by atoms with Crippen LogP contribution in [0.3, 0.4) is 0 Å². The summed E-state index contributed by atoms with van der Waals surface area (Å²) < 4.78 is 15.0. The van der Waals surface area contributed by atoms with E-state index in [2.05, 4.69) is 10.4 Å². The average molecular weight is 292 g/mol. The normalized spacial score (nSPS) is 12.3. The van der Waals surface area contributed by atoms with E-state index in [0.29, 0.717) is 5.56 Å². The van der Waals surface area contributed by atoms with E-state index in [4.69, 9.17) is 0 Å². The van der Waals surface area contributed by atoms with Crippen LogP contribution >= 0.6 is 0 Å². The predicted molar refractivity (Wildman–Crippen MR) is 76.5 cm³/mol. The zero-order valence-electron chi connectivity index (χ0n) is 11.9. The van der Waals surface area contributed by atoms with Crippen molar-refractivity contribution < 1.29 is 9.31 Å². The molecule has 2 aromatic rings. The summed E-state index contributed by atoms with van der Waals surface area (Å²) in [7, 11) is 0. The van der Waals surface area contributed by atoms with Crippen LogP contribution in [0.15, 0.2) is 30.6 Å². The predicted octanol–water partition coefficient (Wildman–Crippen LogP) is 2.65. The number of nitro groups is 1. The molecule has 1 aromatic carbocycles. The van der Waals surface area contributed by atoms with Gasteiger partial charge in [-0.1, -0.05) is 6.92 Å². The molecule has 112 valence electrons. The molecule has 2 rings (SSSR count). The highest BCUT2D eigenvalue weighted by Gasteiger charge is 2.11. The molecular weight excluding hydrogens is 275 g/mol. The highest BCUT2D eigenvalue weighted by atomic mass is 19.1. The second-order valence-electron chi connectivity index (χ2n) is 4.83. The van der Waals surface area contributed by atoms with Crippen molar-refractivity contribution in [2.24, 2.45) is 0 Å². The molecule has 1 heterocycles. The first-order valence-corrected chi connectivity index (χ1v) is 6.69. The van der Waals surface area contributed by atoms with Crippen LogP contribution in [0.4, 0.5) is 10.1 Å². The molecule has 1 aromatic heterocycles. The molecule has 1 unspecified atom stereocenters. The summed E-state index contributed by atoms with van der Waals surface area (Å²) >= 11 is 0. The number of rotatable bonds is 6. The molecule has 0 radical (unpaired) electrons. The van der Waals surface area contributed by atoms with Gasteiger partial charge in [0, 0.05) is 23.9 Å². The number of nitrogens with zero attached hydrogens (tertiary/aromatic N) is 3. The smallest absolute Gasteiger partial charge is 0.272 e. The molecule has 0 aliphatic carbocycles. The van der Waals surface area contributed by atoms with Crippen LogP contribution in [0.5, 0.6) is 0 Å². The summed E-state index contributed by atoms with van der Waals surface area (Å²) in [5, 5.41) is 18.2. The van der Waals surface area contributed by atoms with Crippen molar-refractivity contribution in [3.05, 3.63) is 57.7 Å². The van der Waals surface area contributed by atoms with Crippen molar-refractivity contribution >= 4 is 5.69 Å². The molecule has 0 fully saturated rings. The Balaban J connectivity index is 2.17. The van der Waals surface area contributed by atoms with Crippen molar-refractivity contribution in [2.45, 2.75) is 26.4 Å². The minimum Gasteiger partial charge on any atom is -0.310 e. The molecule has 0 saturated carbocycles. The summed E-state index contributed by atoms with van der Waals surface area (Å²) in [5.74, 6) is -0.618. The third-order valence-corrected chi connectivity index (χ3v) is 3.16. The Morgan fingerprint density at radius 3 is 2.90 bits per heavy atom. The van der Waals surface area contributed by atoms with Gasteiger partial charge in [-0.2, -0.15) is 5.10 Å². The third-order valence-electron chi connectivity index (χ3n) is 3.16. The Bertz CT molecular complexity index is 642. The standard InChI is InChI=1S/C14H17FN4O2/c1-3-16-10(2)12-7-17-18(9-12)8-11-4-13(15)6-14(5-11)19(20)21/h4-7,9-10,16H,3,8H2,1-2H3. The molecular formula is C14H17FN4O2. The number of hydrogen-bond acceptors (Lipinski definition) is 4. The monoisotopic (exact) mass is 292 g/mol. The summed E-state index contributed by atoms with van der Waals surface area (Å²) in [6, 6.07) is 3.72. The van der Waals surface area contributed by atoms with Crippen LogP contribution in [0, 0.1) is 15.9 Å². The fourth-order valence-electron chi connectivity index (χ4n) is 2.13. The molecule has 0 spiro atoms. The highest BCUT2D eigenvalue weighted by molar-refractivity contribution is 5.35. The van der Waals surface area contributed by atoms with Crippen molar-refractivity contribution in [1.82, 2.24) is 15.1 Å². The lowest BCUT2D eigenvalue weighted by atomic mass is 10.2. The van der Waals surface area contributed by atoms with E-state index in [1.54, 1.807) is 10.9 Å². The van der Waals surface area contributed by atoms with E-state index in [9.17, 15) is 14.5 Å². The lowest BCUT2D eigenvalue weighted by Gasteiger charge is -2.08. The van der Waals surface area contributed by atoms with Crippen LogP contribution in [0.25, 0.3) is 0 Å². The molecule has 1 atom stereocenters. The van der Waals surface area contributed by atoms with Gasteiger partial charge >= 0.3 is 0 Å². The molecule has 0 aliphatic heterocycles. The van der Waals surface area contributed by atoms with Gasteiger partial charge in [-0.3, -0.25) is 14.8 Å². The van der Waals surface area contributed by atoms with Gasteiger partial charge in [0.25, 0.3) is 5.69 Å². The van der Waals surface area contributed by atoms with E-state index in [1.165, 1.54) is 12.1 Å². The van der Waals surface area contributed by atoms with Gasteiger partial charge < -0.3 is 5.32 Å². The lowest BCUT2D eigenvalue weighted by molar-refractivity contribution is -0.385.